The second-order valence-electron chi connectivity index (χ2n) is 6.78. The molecule has 0 aromatic heterocycles. The highest BCUT2D eigenvalue weighted by atomic mass is 32.2. The number of para-hydroxylation sites is 1. The summed E-state index contributed by atoms with van der Waals surface area (Å²) < 4.78 is 13.1. The Kier molecular flexibility index (Phi) is 4.83. The first-order chi connectivity index (χ1) is 13.1. The fourth-order valence-corrected chi connectivity index (χ4v) is 4.15. The molecule has 0 spiro atoms. The molecule has 6 heteroatoms. The van der Waals surface area contributed by atoms with Gasteiger partial charge in [-0.1, -0.05) is 56.3 Å². The van der Waals surface area contributed by atoms with Crippen LogP contribution in [0.25, 0.3) is 0 Å². The summed E-state index contributed by atoms with van der Waals surface area (Å²) >= 11 is 1.47. The van der Waals surface area contributed by atoms with Crippen molar-refractivity contribution in [2.75, 3.05) is 0 Å². The Morgan fingerprint density at radius 3 is 2.67 bits per heavy atom. The maximum atomic E-state index is 13.1. The molecule has 0 radical (unpaired) electrons. The third-order valence-electron chi connectivity index (χ3n) is 4.96. The van der Waals surface area contributed by atoms with Crippen LogP contribution in [0.2, 0.25) is 0 Å². The van der Waals surface area contributed by atoms with Gasteiger partial charge in [-0.05, 0) is 35.7 Å². The minimum Gasteiger partial charge on any atom is -0.271 e. The number of nitrogens with zero attached hydrogens (tertiary/aromatic N) is 3. The van der Waals surface area contributed by atoms with Crippen LogP contribution in [0.15, 0.2) is 58.5 Å². The lowest BCUT2D eigenvalue weighted by molar-refractivity contribution is -0.125. The molecule has 1 amide bonds. The van der Waals surface area contributed by atoms with Crippen molar-refractivity contribution in [2.45, 2.75) is 32.1 Å². The van der Waals surface area contributed by atoms with Gasteiger partial charge in [0.05, 0.1) is 5.69 Å². The van der Waals surface area contributed by atoms with Gasteiger partial charge in [0.15, 0.2) is 5.17 Å². The molecule has 2 aliphatic rings. The Bertz CT molecular complexity index is 939. The Hall–Kier alpha value is -2.47. The second kappa shape index (κ2) is 7.27. The van der Waals surface area contributed by atoms with Crippen molar-refractivity contribution in [1.82, 2.24) is 4.90 Å². The Labute approximate surface area is 162 Å². The number of carbonyl (C=O) groups is 1. The molecule has 2 aromatic carbocycles. The molecular weight excluding hydrogens is 361 g/mol. The van der Waals surface area contributed by atoms with E-state index in [9.17, 15) is 9.18 Å². The van der Waals surface area contributed by atoms with Crippen molar-refractivity contribution in [1.29, 1.82) is 0 Å². The smallest absolute Gasteiger partial charge is 0.259 e. The number of rotatable bonds is 4. The van der Waals surface area contributed by atoms with Crippen molar-refractivity contribution < 1.29 is 9.18 Å². The SMILES string of the molecule is CC[C@@H](C)[C@H]1N=C2c3ccccc3N=C(SCc3ccc(F)cc3)N2C1=O. The number of amides is 1. The molecule has 0 aliphatic carbocycles. The van der Waals surface area contributed by atoms with E-state index in [0.29, 0.717) is 16.8 Å². The first-order valence-electron chi connectivity index (χ1n) is 9.05. The van der Waals surface area contributed by atoms with Crippen LogP contribution in [0.4, 0.5) is 10.1 Å². The predicted octanol–water partition coefficient (Wildman–Crippen LogP) is 4.76. The minimum atomic E-state index is -0.368. The highest BCUT2D eigenvalue weighted by Gasteiger charge is 2.42. The molecule has 0 saturated heterocycles. The first-order valence-corrected chi connectivity index (χ1v) is 10.0. The number of amidine groups is 2. The molecule has 0 saturated carbocycles. The fourth-order valence-electron chi connectivity index (χ4n) is 3.19. The molecule has 0 fully saturated rings. The normalized spacial score (nSPS) is 19.3. The van der Waals surface area contributed by atoms with E-state index in [4.69, 9.17) is 9.98 Å². The van der Waals surface area contributed by atoms with E-state index in [-0.39, 0.29) is 23.7 Å². The van der Waals surface area contributed by atoms with E-state index in [1.807, 2.05) is 24.3 Å². The van der Waals surface area contributed by atoms with Crippen LogP contribution in [0, 0.1) is 11.7 Å². The quantitative estimate of drug-likeness (QED) is 0.766. The number of thioether (sulfide) groups is 1. The molecule has 2 aromatic rings. The average molecular weight is 381 g/mol. The average Bonchev–Trinajstić information content (AvgIpc) is 3.04. The molecule has 4 nitrogen and oxygen atoms in total. The maximum Gasteiger partial charge on any atom is 0.259 e. The number of fused-ring (bicyclic) bond motifs is 3. The summed E-state index contributed by atoms with van der Waals surface area (Å²) in [4.78, 5) is 24.2. The van der Waals surface area contributed by atoms with Crippen molar-refractivity contribution in [2.24, 2.45) is 15.9 Å². The number of hydrogen-bond donors (Lipinski definition) is 0. The van der Waals surface area contributed by atoms with Crippen LogP contribution in [0.3, 0.4) is 0 Å². The topological polar surface area (TPSA) is 45.0 Å². The fraction of sp³-hybridized carbons (Fsp3) is 0.286. The van der Waals surface area contributed by atoms with Crippen LogP contribution in [0.1, 0.15) is 31.4 Å². The van der Waals surface area contributed by atoms with Gasteiger partial charge in [0.2, 0.25) is 0 Å². The molecule has 0 bridgehead atoms. The maximum absolute atomic E-state index is 13.1. The van der Waals surface area contributed by atoms with Crippen molar-refractivity contribution in [3.63, 3.8) is 0 Å². The van der Waals surface area contributed by atoms with Crippen LogP contribution in [0.5, 0.6) is 0 Å². The zero-order valence-electron chi connectivity index (χ0n) is 15.2. The summed E-state index contributed by atoms with van der Waals surface area (Å²) in [6.45, 7) is 4.13. The monoisotopic (exact) mass is 381 g/mol. The lowest BCUT2D eigenvalue weighted by Crippen LogP contribution is -2.42. The van der Waals surface area contributed by atoms with Gasteiger partial charge in [-0.25, -0.2) is 14.3 Å². The van der Waals surface area contributed by atoms with Crippen LogP contribution < -0.4 is 0 Å². The summed E-state index contributed by atoms with van der Waals surface area (Å²) in [5.41, 5.74) is 2.70. The summed E-state index contributed by atoms with van der Waals surface area (Å²) in [6, 6.07) is 13.8. The number of aliphatic imine (C=N–C) groups is 2. The van der Waals surface area contributed by atoms with Gasteiger partial charge in [-0.3, -0.25) is 9.79 Å². The lowest BCUT2D eigenvalue weighted by Gasteiger charge is -2.26. The zero-order chi connectivity index (χ0) is 19.0. The van der Waals surface area contributed by atoms with Gasteiger partial charge in [0.1, 0.15) is 17.7 Å². The first kappa shape index (κ1) is 17.9. The third-order valence-corrected chi connectivity index (χ3v) is 5.97. The van der Waals surface area contributed by atoms with Crippen LogP contribution >= 0.6 is 11.8 Å². The van der Waals surface area contributed by atoms with Crippen molar-refractivity contribution in [3.8, 4) is 0 Å². The van der Waals surface area contributed by atoms with Gasteiger partial charge in [-0.15, -0.1) is 0 Å². The highest BCUT2D eigenvalue weighted by Crippen LogP contribution is 2.35. The molecular formula is C21H20FN3OS. The van der Waals surface area contributed by atoms with Crippen LogP contribution in [-0.2, 0) is 10.5 Å². The summed E-state index contributed by atoms with van der Waals surface area (Å²) in [7, 11) is 0. The molecule has 138 valence electrons. The molecule has 2 heterocycles. The van der Waals surface area contributed by atoms with E-state index in [0.717, 1.165) is 23.2 Å². The van der Waals surface area contributed by atoms with E-state index < -0.39 is 0 Å². The largest absolute Gasteiger partial charge is 0.271 e. The number of benzene rings is 2. The highest BCUT2D eigenvalue weighted by molar-refractivity contribution is 8.13. The molecule has 2 atom stereocenters. The van der Waals surface area contributed by atoms with Crippen molar-refractivity contribution in [3.05, 3.63) is 65.5 Å². The third kappa shape index (κ3) is 3.30. The molecule has 4 rings (SSSR count). The molecule has 0 N–H and O–H groups in total. The van der Waals surface area contributed by atoms with Gasteiger partial charge in [-0.2, -0.15) is 0 Å². The van der Waals surface area contributed by atoms with Crippen LogP contribution in [-0.4, -0.2) is 27.9 Å². The summed E-state index contributed by atoms with van der Waals surface area (Å²) in [5.74, 6) is 1.20. The Morgan fingerprint density at radius 2 is 1.93 bits per heavy atom. The summed E-state index contributed by atoms with van der Waals surface area (Å²) in [5, 5.41) is 0.632. The van der Waals surface area contributed by atoms with Gasteiger partial charge < -0.3 is 0 Å². The number of hydrogen-bond acceptors (Lipinski definition) is 4. The minimum absolute atomic E-state index is 0.0146. The van der Waals surface area contributed by atoms with Gasteiger partial charge in [0, 0.05) is 11.3 Å². The zero-order valence-corrected chi connectivity index (χ0v) is 16.0. The van der Waals surface area contributed by atoms with E-state index >= 15 is 0 Å². The van der Waals surface area contributed by atoms with E-state index in [1.54, 1.807) is 17.0 Å². The second-order valence-corrected chi connectivity index (χ2v) is 7.73. The number of carbonyl (C=O) groups excluding carboxylic acids is 1. The molecule has 2 aliphatic heterocycles. The summed E-state index contributed by atoms with van der Waals surface area (Å²) in [6.07, 6.45) is 0.887. The van der Waals surface area contributed by atoms with E-state index in [1.165, 1.54) is 23.9 Å². The van der Waals surface area contributed by atoms with Gasteiger partial charge >= 0.3 is 0 Å². The van der Waals surface area contributed by atoms with Crippen molar-refractivity contribution >= 4 is 34.4 Å². The standard InChI is InChI=1S/C21H20FN3OS/c1-3-13(2)18-20(26)25-19(24-18)16-6-4-5-7-17(16)23-21(25)27-12-14-8-10-15(22)11-9-14/h4-11,13,18H,3,12H2,1-2H3/t13-,18-/m1/s1. The molecule has 27 heavy (non-hydrogen) atoms. The Morgan fingerprint density at radius 1 is 1.19 bits per heavy atom. The van der Waals surface area contributed by atoms with E-state index in [2.05, 4.69) is 13.8 Å². The number of halogens is 1. The Balaban J connectivity index is 1.67. The predicted molar refractivity (Wildman–Crippen MR) is 108 cm³/mol. The lowest BCUT2D eigenvalue weighted by atomic mass is 10.00. The molecule has 0 unspecified atom stereocenters. The van der Waals surface area contributed by atoms with Gasteiger partial charge in [0.25, 0.3) is 5.91 Å².